The van der Waals surface area contributed by atoms with Gasteiger partial charge in [-0.1, -0.05) is 59.2 Å². The highest BCUT2D eigenvalue weighted by atomic mass is 35.5. The van der Waals surface area contributed by atoms with Gasteiger partial charge in [-0.15, -0.1) is 0 Å². The molecule has 0 amide bonds. The van der Waals surface area contributed by atoms with Crippen molar-refractivity contribution < 1.29 is 14.7 Å². The maximum atomic E-state index is 11.2. The highest BCUT2D eigenvalue weighted by molar-refractivity contribution is 6.35. The average Bonchev–Trinajstić information content (AvgIpc) is 2.70. The molecule has 28 heavy (non-hydrogen) atoms. The molecule has 0 saturated carbocycles. The molecule has 0 aliphatic carbocycles. The molecule has 148 valence electrons. The number of benzene rings is 2. The second-order valence-corrected chi connectivity index (χ2v) is 7.45. The van der Waals surface area contributed by atoms with Crippen LogP contribution in [0.5, 0.6) is 0 Å². The molecular formula is C22H25ClN2O3. The molecule has 1 aliphatic rings. The number of likely N-dealkylation sites (tertiary alicyclic amines) is 1. The van der Waals surface area contributed by atoms with Crippen LogP contribution < -0.4 is 0 Å². The number of hydrogen-bond donors (Lipinski definition) is 1. The summed E-state index contributed by atoms with van der Waals surface area (Å²) >= 11 is 6.40. The van der Waals surface area contributed by atoms with Crippen molar-refractivity contribution in [2.24, 2.45) is 11.1 Å². The summed E-state index contributed by atoms with van der Waals surface area (Å²) in [7, 11) is 0. The number of piperidine rings is 1. The fourth-order valence-electron chi connectivity index (χ4n) is 3.48. The molecule has 5 nitrogen and oxygen atoms in total. The van der Waals surface area contributed by atoms with Gasteiger partial charge in [0.1, 0.15) is 12.3 Å². The number of nitrogens with zero attached hydrogens (tertiary/aromatic N) is 2. The Balaban J connectivity index is 1.71. The molecule has 0 spiro atoms. The number of aryl methyl sites for hydroxylation is 1. The number of rotatable bonds is 7. The Hall–Kier alpha value is -2.37. The Labute approximate surface area is 170 Å². The first-order valence-electron chi connectivity index (χ1n) is 9.52. The topological polar surface area (TPSA) is 62.1 Å². The third-order valence-electron chi connectivity index (χ3n) is 5.04. The third kappa shape index (κ3) is 5.12. The van der Waals surface area contributed by atoms with E-state index in [1.54, 1.807) is 0 Å². The number of hydrogen-bond acceptors (Lipinski definition) is 4. The second kappa shape index (κ2) is 9.71. The van der Waals surface area contributed by atoms with Crippen LogP contribution in [0.1, 0.15) is 29.5 Å². The molecule has 1 heterocycles. The minimum absolute atomic E-state index is 0.289. The van der Waals surface area contributed by atoms with Crippen molar-refractivity contribution in [3.63, 3.8) is 0 Å². The van der Waals surface area contributed by atoms with Crippen LogP contribution >= 0.6 is 11.6 Å². The van der Waals surface area contributed by atoms with Crippen LogP contribution in [0.3, 0.4) is 0 Å². The SMILES string of the molecule is Cc1ccccc1C(=NOCCN1CCC[C@@H](C(=O)O)C1)c1ccccc1Cl. The van der Waals surface area contributed by atoms with Gasteiger partial charge in [0.25, 0.3) is 0 Å². The van der Waals surface area contributed by atoms with E-state index in [0.717, 1.165) is 36.1 Å². The normalized spacial score (nSPS) is 18.1. The van der Waals surface area contributed by atoms with Crippen molar-refractivity contribution in [2.45, 2.75) is 19.8 Å². The molecule has 2 aromatic rings. The van der Waals surface area contributed by atoms with E-state index < -0.39 is 5.97 Å². The van der Waals surface area contributed by atoms with E-state index in [1.807, 2.05) is 55.5 Å². The van der Waals surface area contributed by atoms with Gasteiger partial charge in [0.2, 0.25) is 0 Å². The highest BCUT2D eigenvalue weighted by Crippen LogP contribution is 2.22. The number of carboxylic acid groups (broad SMARTS) is 1. The summed E-state index contributed by atoms with van der Waals surface area (Å²) in [6.07, 6.45) is 1.64. The van der Waals surface area contributed by atoms with E-state index in [-0.39, 0.29) is 5.92 Å². The zero-order valence-electron chi connectivity index (χ0n) is 16.0. The maximum absolute atomic E-state index is 11.2. The van der Waals surface area contributed by atoms with Gasteiger partial charge in [0.15, 0.2) is 0 Å². The monoisotopic (exact) mass is 400 g/mol. The molecule has 1 atom stereocenters. The first-order chi connectivity index (χ1) is 13.6. The Kier molecular flexibility index (Phi) is 7.06. The van der Waals surface area contributed by atoms with Crippen LogP contribution in [0.2, 0.25) is 5.02 Å². The van der Waals surface area contributed by atoms with Crippen molar-refractivity contribution in [1.29, 1.82) is 0 Å². The van der Waals surface area contributed by atoms with Crippen LogP contribution in [-0.4, -0.2) is 47.9 Å². The Morgan fingerprint density at radius 1 is 1.21 bits per heavy atom. The Bertz CT molecular complexity index is 806. The third-order valence-corrected chi connectivity index (χ3v) is 5.37. The first kappa shape index (κ1) is 20.4. The molecule has 1 fully saturated rings. The predicted molar refractivity (Wildman–Crippen MR) is 111 cm³/mol. The van der Waals surface area contributed by atoms with E-state index in [9.17, 15) is 9.90 Å². The molecule has 6 heteroatoms. The van der Waals surface area contributed by atoms with Crippen LogP contribution in [0.25, 0.3) is 0 Å². The lowest BCUT2D eigenvalue weighted by Gasteiger charge is -2.30. The van der Waals surface area contributed by atoms with Gasteiger partial charge in [-0.25, -0.2) is 0 Å². The van der Waals surface area contributed by atoms with Gasteiger partial charge < -0.3 is 9.94 Å². The summed E-state index contributed by atoms with van der Waals surface area (Å²) in [5.74, 6) is -1.01. The van der Waals surface area contributed by atoms with E-state index in [4.69, 9.17) is 16.4 Å². The van der Waals surface area contributed by atoms with Gasteiger partial charge in [0, 0.05) is 24.2 Å². The molecule has 1 aliphatic heterocycles. The van der Waals surface area contributed by atoms with Crippen molar-refractivity contribution in [1.82, 2.24) is 4.90 Å². The lowest BCUT2D eigenvalue weighted by Crippen LogP contribution is -2.40. The smallest absolute Gasteiger partial charge is 0.307 e. The molecular weight excluding hydrogens is 376 g/mol. The van der Waals surface area contributed by atoms with Crippen LogP contribution in [0.15, 0.2) is 53.7 Å². The number of carboxylic acids is 1. The molecule has 1 N–H and O–H groups in total. The average molecular weight is 401 g/mol. The van der Waals surface area contributed by atoms with Crippen molar-refractivity contribution in [2.75, 3.05) is 26.2 Å². The Morgan fingerprint density at radius 2 is 1.93 bits per heavy atom. The van der Waals surface area contributed by atoms with E-state index in [1.165, 1.54) is 0 Å². The van der Waals surface area contributed by atoms with Crippen molar-refractivity contribution in [3.8, 4) is 0 Å². The van der Waals surface area contributed by atoms with Crippen molar-refractivity contribution in [3.05, 3.63) is 70.2 Å². The largest absolute Gasteiger partial charge is 0.481 e. The van der Waals surface area contributed by atoms with E-state index in [2.05, 4.69) is 10.1 Å². The number of aliphatic carboxylic acids is 1. The zero-order chi connectivity index (χ0) is 19.9. The molecule has 2 aromatic carbocycles. The van der Waals surface area contributed by atoms with Gasteiger partial charge >= 0.3 is 5.97 Å². The lowest BCUT2D eigenvalue weighted by molar-refractivity contribution is -0.143. The Morgan fingerprint density at radius 3 is 2.64 bits per heavy atom. The summed E-state index contributed by atoms with van der Waals surface area (Å²) in [5.41, 5.74) is 3.58. The van der Waals surface area contributed by atoms with Gasteiger partial charge in [-0.3, -0.25) is 9.69 Å². The quantitative estimate of drug-likeness (QED) is 0.429. The summed E-state index contributed by atoms with van der Waals surface area (Å²) < 4.78 is 0. The number of carbonyl (C=O) groups is 1. The maximum Gasteiger partial charge on any atom is 0.307 e. The van der Waals surface area contributed by atoms with Crippen LogP contribution in [0.4, 0.5) is 0 Å². The van der Waals surface area contributed by atoms with Crippen LogP contribution in [0, 0.1) is 12.8 Å². The highest BCUT2D eigenvalue weighted by Gasteiger charge is 2.25. The molecule has 0 unspecified atom stereocenters. The standard InChI is InChI=1S/C22H25ClN2O3/c1-16-7-2-3-9-18(16)21(19-10-4-5-11-20(19)23)24-28-14-13-25-12-6-8-17(15-25)22(26)27/h2-5,7,9-11,17H,6,8,12-15H2,1H3,(H,26,27)/t17-/m1/s1. The van der Waals surface area contributed by atoms with E-state index >= 15 is 0 Å². The minimum atomic E-state index is -0.718. The summed E-state index contributed by atoms with van der Waals surface area (Å²) in [4.78, 5) is 19.0. The summed E-state index contributed by atoms with van der Waals surface area (Å²) in [6, 6.07) is 15.6. The van der Waals surface area contributed by atoms with E-state index in [0.29, 0.717) is 30.4 Å². The fourth-order valence-corrected chi connectivity index (χ4v) is 3.70. The first-order valence-corrected chi connectivity index (χ1v) is 9.90. The van der Waals surface area contributed by atoms with Gasteiger partial charge in [-0.2, -0.15) is 0 Å². The predicted octanol–water partition coefficient (Wildman–Crippen LogP) is 4.21. The number of oxime groups is 1. The molecule has 3 rings (SSSR count). The molecule has 0 bridgehead atoms. The molecule has 0 aromatic heterocycles. The fraction of sp³-hybridized carbons (Fsp3) is 0.364. The van der Waals surface area contributed by atoms with Crippen molar-refractivity contribution >= 4 is 23.3 Å². The van der Waals surface area contributed by atoms with Gasteiger partial charge in [0.05, 0.1) is 10.9 Å². The summed E-state index contributed by atoms with van der Waals surface area (Å²) in [5, 5.41) is 14.2. The van der Waals surface area contributed by atoms with Crippen LogP contribution in [-0.2, 0) is 9.63 Å². The zero-order valence-corrected chi connectivity index (χ0v) is 16.7. The minimum Gasteiger partial charge on any atom is -0.481 e. The lowest BCUT2D eigenvalue weighted by atomic mass is 9.98. The number of halogens is 1. The summed E-state index contributed by atoms with van der Waals surface area (Å²) in [6.45, 7) is 4.54. The molecule has 1 saturated heterocycles. The molecule has 0 radical (unpaired) electrons. The second-order valence-electron chi connectivity index (χ2n) is 7.05. The van der Waals surface area contributed by atoms with Gasteiger partial charge in [-0.05, 0) is 37.9 Å².